The van der Waals surface area contributed by atoms with Crippen LogP contribution in [0.4, 0.5) is 0 Å². The molecule has 27 heavy (non-hydrogen) atoms. The number of carbonyl (C=O) groups excluding carboxylic acids is 1. The number of carbonyl (C=O) groups is 1. The van der Waals surface area contributed by atoms with E-state index in [1.54, 1.807) is 12.1 Å². The van der Waals surface area contributed by atoms with E-state index in [2.05, 4.69) is 28.1 Å². The molecule has 0 saturated carbocycles. The maximum absolute atomic E-state index is 12.8. The highest BCUT2D eigenvalue weighted by atomic mass is 79.9. The van der Waals surface area contributed by atoms with E-state index in [4.69, 9.17) is 9.47 Å². The molecule has 0 bridgehead atoms. The van der Waals surface area contributed by atoms with Crippen LogP contribution in [-0.4, -0.2) is 12.6 Å². The van der Waals surface area contributed by atoms with Crippen LogP contribution in [0.3, 0.4) is 0 Å². The predicted molar refractivity (Wildman–Crippen MR) is 111 cm³/mol. The molecule has 0 fully saturated rings. The Balaban J connectivity index is 1.74. The van der Waals surface area contributed by atoms with Crippen LogP contribution in [0.1, 0.15) is 27.0 Å². The van der Waals surface area contributed by atoms with Crippen LogP contribution in [0.2, 0.25) is 0 Å². The number of hydrogen-bond donors (Lipinski definition) is 0. The van der Waals surface area contributed by atoms with Gasteiger partial charge in [0, 0.05) is 10.9 Å². The molecule has 0 heterocycles. The van der Waals surface area contributed by atoms with E-state index in [0.717, 1.165) is 22.0 Å². The van der Waals surface area contributed by atoms with E-state index in [1.165, 1.54) is 5.56 Å². The van der Waals surface area contributed by atoms with Crippen molar-refractivity contribution in [3.8, 4) is 11.5 Å². The van der Waals surface area contributed by atoms with Crippen molar-refractivity contribution in [3.05, 3.63) is 93.5 Å². The first-order valence-corrected chi connectivity index (χ1v) is 9.58. The van der Waals surface area contributed by atoms with Gasteiger partial charge in [0.1, 0.15) is 17.1 Å². The van der Waals surface area contributed by atoms with Crippen molar-refractivity contribution >= 4 is 21.9 Å². The van der Waals surface area contributed by atoms with E-state index in [9.17, 15) is 4.79 Å². The number of rotatable bonds is 6. The summed E-state index contributed by atoms with van der Waals surface area (Å²) in [6.45, 7) is 4.36. The van der Waals surface area contributed by atoms with Gasteiger partial charge in [0.2, 0.25) is 0 Å². The Labute approximate surface area is 168 Å². The number of halogens is 1. The highest BCUT2D eigenvalue weighted by molar-refractivity contribution is 9.10. The fraction of sp³-hybridized carbons (Fsp3) is 0.174. The minimum Gasteiger partial charge on any atom is -0.492 e. The van der Waals surface area contributed by atoms with E-state index >= 15 is 0 Å². The highest BCUT2D eigenvalue weighted by Gasteiger charge is 2.17. The molecule has 3 aromatic carbocycles. The van der Waals surface area contributed by atoms with Crippen molar-refractivity contribution in [1.29, 1.82) is 0 Å². The molecule has 138 valence electrons. The van der Waals surface area contributed by atoms with Crippen molar-refractivity contribution in [1.82, 2.24) is 0 Å². The van der Waals surface area contributed by atoms with Crippen LogP contribution in [-0.2, 0) is 6.42 Å². The van der Waals surface area contributed by atoms with Crippen molar-refractivity contribution in [2.24, 2.45) is 0 Å². The normalized spacial score (nSPS) is 10.5. The second-order valence-corrected chi connectivity index (χ2v) is 7.30. The minimum absolute atomic E-state index is 0.401. The van der Waals surface area contributed by atoms with Gasteiger partial charge in [-0.25, -0.2) is 4.79 Å². The van der Waals surface area contributed by atoms with Crippen LogP contribution < -0.4 is 9.47 Å². The van der Waals surface area contributed by atoms with Gasteiger partial charge in [-0.05, 0) is 54.8 Å². The Morgan fingerprint density at radius 3 is 2.48 bits per heavy atom. The molecular formula is C23H21BrO3. The lowest BCUT2D eigenvalue weighted by Crippen LogP contribution is -2.12. The molecule has 0 N–H and O–H groups in total. The quantitative estimate of drug-likeness (QED) is 0.364. The second kappa shape index (κ2) is 8.87. The van der Waals surface area contributed by atoms with E-state index in [-0.39, 0.29) is 0 Å². The second-order valence-electron chi connectivity index (χ2n) is 6.38. The third-order valence-corrected chi connectivity index (χ3v) is 4.69. The zero-order chi connectivity index (χ0) is 19.2. The van der Waals surface area contributed by atoms with E-state index in [1.807, 2.05) is 56.3 Å². The van der Waals surface area contributed by atoms with Gasteiger partial charge >= 0.3 is 5.97 Å². The maximum atomic E-state index is 12.8. The molecule has 0 aliphatic carbocycles. The molecule has 4 heteroatoms. The van der Waals surface area contributed by atoms with Gasteiger partial charge in [0.15, 0.2) is 0 Å². The molecular weight excluding hydrogens is 404 g/mol. The first-order valence-electron chi connectivity index (χ1n) is 8.78. The summed E-state index contributed by atoms with van der Waals surface area (Å²) in [6.07, 6.45) is 0.766. The number of benzene rings is 3. The summed E-state index contributed by atoms with van der Waals surface area (Å²) in [6, 6.07) is 21.3. The lowest BCUT2D eigenvalue weighted by Gasteiger charge is -2.13. The summed E-state index contributed by atoms with van der Waals surface area (Å²) in [5.41, 5.74) is 3.54. The average molecular weight is 425 g/mol. The van der Waals surface area contributed by atoms with Crippen LogP contribution in [0.25, 0.3) is 0 Å². The number of ether oxygens (including phenoxy) is 2. The van der Waals surface area contributed by atoms with Gasteiger partial charge in [-0.2, -0.15) is 0 Å². The van der Waals surface area contributed by atoms with Crippen LogP contribution in [0, 0.1) is 13.8 Å². The summed E-state index contributed by atoms with van der Waals surface area (Å²) in [5.74, 6) is 0.652. The van der Waals surface area contributed by atoms with Gasteiger partial charge in [-0.15, -0.1) is 0 Å². The minimum atomic E-state index is -0.431. The molecule has 3 nitrogen and oxygen atoms in total. The topological polar surface area (TPSA) is 35.5 Å². The number of esters is 1. The fourth-order valence-corrected chi connectivity index (χ4v) is 3.04. The van der Waals surface area contributed by atoms with E-state index in [0.29, 0.717) is 23.7 Å². The van der Waals surface area contributed by atoms with Crippen molar-refractivity contribution in [2.75, 3.05) is 6.61 Å². The summed E-state index contributed by atoms with van der Waals surface area (Å²) in [4.78, 5) is 12.8. The molecule has 0 aliphatic rings. The van der Waals surface area contributed by atoms with E-state index < -0.39 is 5.97 Å². The lowest BCUT2D eigenvalue weighted by molar-refractivity contribution is 0.0729. The standard InChI is InChI=1S/C23H21BrO3/c1-16-8-9-17(2)22(14-16)27-23(25)20-15-19(24)10-11-21(20)26-13-12-18-6-4-3-5-7-18/h3-11,14-15H,12-13H2,1-2H3. The third-order valence-electron chi connectivity index (χ3n) is 4.20. The Bertz CT molecular complexity index is 936. The monoisotopic (exact) mass is 424 g/mol. The predicted octanol–water partition coefficient (Wildman–Crippen LogP) is 5.91. The molecule has 0 aromatic heterocycles. The third kappa shape index (κ3) is 5.20. The maximum Gasteiger partial charge on any atom is 0.347 e. The molecule has 3 rings (SSSR count). The van der Waals surface area contributed by atoms with Gasteiger partial charge in [-0.3, -0.25) is 0 Å². The van der Waals surface area contributed by atoms with Gasteiger partial charge in [0.25, 0.3) is 0 Å². The van der Waals surface area contributed by atoms with Gasteiger partial charge in [-0.1, -0.05) is 58.4 Å². The molecule has 0 unspecified atom stereocenters. The molecule has 0 aliphatic heterocycles. The fourth-order valence-electron chi connectivity index (χ4n) is 2.68. The van der Waals surface area contributed by atoms with Gasteiger partial charge in [0.05, 0.1) is 6.61 Å². The molecule has 3 aromatic rings. The lowest BCUT2D eigenvalue weighted by atomic mass is 10.1. The molecule has 0 radical (unpaired) electrons. The highest BCUT2D eigenvalue weighted by Crippen LogP contribution is 2.27. The average Bonchev–Trinajstić information content (AvgIpc) is 2.66. The molecule has 0 spiro atoms. The molecule has 0 saturated heterocycles. The Morgan fingerprint density at radius 2 is 1.70 bits per heavy atom. The zero-order valence-electron chi connectivity index (χ0n) is 15.4. The summed E-state index contributed by atoms with van der Waals surface area (Å²) < 4.78 is 12.3. The van der Waals surface area contributed by atoms with Crippen LogP contribution >= 0.6 is 15.9 Å². The summed E-state index contributed by atoms with van der Waals surface area (Å²) in [7, 11) is 0. The zero-order valence-corrected chi connectivity index (χ0v) is 17.0. The van der Waals surface area contributed by atoms with Crippen molar-refractivity contribution < 1.29 is 14.3 Å². The van der Waals surface area contributed by atoms with Crippen molar-refractivity contribution in [3.63, 3.8) is 0 Å². The van der Waals surface area contributed by atoms with Gasteiger partial charge < -0.3 is 9.47 Å². The molecule has 0 atom stereocenters. The van der Waals surface area contributed by atoms with Crippen LogP contribution in [0.5, 0.6) is 11.5 Å². The van der Waals surface area contributed by atoms with Crippen molar-refractivity contribution in [2.45, 2.75) is 20.3 Å². The molecule has 0 amide bonds. The largest absolute Gasteiger partial charge is 0.492 e. The summed E-state index contributed by atoms with van der Waals surface area (Å²) >= 11 is 3.42. The smallest absolute Gasteiger partial charge is 0.347 e. The Kier molecular flexibility index (Phi) is 6.30. The summed E-state index contributed by atoms with van der Waals surface area (Å²) in [5, 5.41) is 0. The number of hydrogen-bond acceptors (Lipinski definition) is 3. The number of aryl methyl sites for hydroxylation is 2. The first-order chi connectivity index (χ1) is 13.0. The Morgan fingerprint density at radius 1 is 0.926 bits per heavy atom. The first kappa shape index (κ1) is 19.2. The van der Waals surface area contributed by atoms with Crippen LogP contribution in [0.15, 0.2) is 71.2 Å². The SMILES string of the molecule is Cc1ccc(C)c(OC(=O)c2cc(Br)ccc2OCCc2ccccc2)c1. The Hall–Kier alpha value is -2.59.